The van der Waals surface area contributed by atoms with E-state index in [1.807, 2.05) is 7.05 Å². The maximum atomic E-state index is 5.67. The average molecular weight is 511 g/mol. The smallest absolute Gasteiger partial charge is 0.191 e. The first-order chi connectivity index (χ1) is 12.9. The third-order valence-corrected chi connectivity index (χ3v) is 5.97. The summed E-state index contributed by atoms with van der Waals surface area (Å²) in [5.74, 6) is 0.921. The van der Waals surface area contributed by atoms with E-state index in [1.165, 1.54) is 0 Å². The van der Waals surface area contributed by atoms with E-state index in [4.69, 9.17) is 9.47 Å². The van der Waals surface area contributed by atoms with Crippen LogP contribution in [0.4, 0.5) is 0 Å². The molecule has 2 saturated heterocycles. The van der Waals surface area contributed by atoms with Crippen molar-refractivity contribution in [3.8, 4) is 0 Å². The molecule has 0 bridgehead atoms. The minimum Gasteiger partial charge on any atom is -0.381 e. The summed E-state index contributed by atoms with van der Waals surface area (Å²) in [6.07, 6.45) is 4.73. The maximum absolute atomic E-state index is 5.67. The summed E-state index contributed by atoms with van der Waals surface area (Å²) in [4.78, 5) is 9.30. The van der Waals surface area contributed by atoms with Crippen LogP contribution in [0.3, 0.4) is 0 Å². The second-order valence-corrected chi connectivity index (χ2v) is 8.34. The van der Waals surface area contributed by atoms with Crippen molar-refractivity contribution in [3.05, 3.63) is 0 Å². The molecule has 2 aliphatic heterocycles. The number of nitrogens with one attached hydrogen (secondary N) is 2. The van der Waals surface area contributed by atoms with Crippen molar-refractivity contribution in [1.29, 1.82) is 0 Å². The molecule has 0 saturated carbocycles. The third kappa shape index (κ3) is 8.30. The molecule has 2 heterocycles. The van der Waals surface area contributed by atoms with E-state index in [9.17, 15) is 0 Å². The highest BCUT2D eigenvalue weighted by atomic mass is 127. The molecular formula is C20H42IN5O2. The molecule has 0 aromatic rings. The lowest BCUT2D eigenvalue weighted by atomic mass is 9.88. The van der Waals surface area contributed by atoms with Gasteiger partial charge in [0.15, 0.2) is 5.96 Å². The van der Waals surface area contributed by atoms with Gasteiger partial charge in [0.2, 0.25) is 0 Å². The van der Waals surface area contributed by atoms with Crippen molar-refractivity contribution >= 4 is 29.9 Å². The summed E-state index contributed by atoms with van der Waals surface area (Å²) in [5.41, 5.74) is 0.148. The second kappa shape index (κ2) is 13.2. The van der Waals surface area contributed by atoms with Gasteiger partial charge in [0, 0.05) is 58.0 Å². The normalized spacial score (nSPS) is 21.6. The number of likely N-dealkylation sites (tertiary alicyclic amines) is 1. The van der Waals surface area contributed by atoms with Crippen LogP contribution in [0, 0.1) is 0 Å². The van der Waals surface area contributed by atoms with E-state index >= 15 is 0 Å². The fraction of sp³-hybridized carbons (Fsp3) is 0.950. The summed E-state index contributed by atoms with van der Waals surface area (Å²) in [5, 5.41) is 7.20. The van der Waals surface area contributed by atoms with Crippen LogP contribution in [0.1, 0.15) is 39.5 Å². The summed E-state index contributed by atoms with van der Waals surface area (Å²) in [6, 6.07) is 0.489. The van der Waals surface area contributed by atoms with E-state index in [0.29, 0.717) is 12.1 Å². The van der Waals surface area contributed by atoms with Gasteiger partial charge in [0.25, 0.3) is 0 Å². The molecule has 2 rings (SSSR count). The van der Waals surface area contributed by atoms with Gasteiger partial charge in [0.1, 0.15) is 0 Å². The molecular weight excluding hydrogens is 469 g/mol. The molecule has 0 radical (unpaired) electrons. The monoisotopic (exact) mass is 511 g/mol. The Morgan fingerprint density at radius 3 is 2.43 bits per heavy atom. The lowest BCUT2D eigenvalue weighted by molar-refractivity contribution is -0.00504. The Balaban J connectivity index is 0.00000392. The van der Waals surface area contributed by atoms with Crippen molar-refractivity contribution in [2.45, 2.75) is 57.2 Å². The number of nitrogens with zero attached hydrogens (tertiary/aromatic N) is 3. The van der Waals surface area contributed by atoms with E-state index in [-0.39, 0.29) is 29.5 Å². The first-order valence-corrected chi connectivity index (χ1v) is 10.5. The van der Waals surface area contributed by atoms with Gasteiger partial charge in [-0.25, -0.2) is 0 Å². The van der Waals surface area contributed by atoms with Crippen molar-refractivity contribution in [3.63, 3.8) is 0 Å². The van der Waals surface area contributed by atoms with Crippen LogP contribution in [-0.2, 0) is 9.47 Å². The molecule has 0 atom stereocenters. The SMILES string of the molecule is CN=C(NCC1(N(C)C)CCOCC1)NC1CCN(CCOC(C)C)CC1.I. The number of hydrogen-bond acceptors (Lipinski definition) is 5. The zero-order valence-corrected chi connectivity index (χ0v) is 20.8. The number of likely N-dealkylation sites (N-methyl/N-ethyl adjacent to an activating group) is 1. The van der Waals surface area contributed by atoms with Gasteiger partial charge in [-0.05, 0) is 53.6 Å². The molecule has 0 unspecified atom stereocenters. The van der Waals surface area contributed by atoms with Crippen LogP contribution < -0.4 is 10.6 Å². The molecule has 8 heteroatoms. The fourth-order valence-electron chi connectivity index (χ4n) is 3.89. The summed E-state index contributed by atoms with van der Waals surface area (Å²) in [7, 11) is 6.20. The standard InChI is InChI=1S/C20H41N5O2.HI/c1-17(2)27-15-12-25-10-6-18(7-11-25)23-19(21-3)22-16-20(24(4)5)8-13-26-14-9-20;/h17-18H,6-16H2,1-5H3,(H2,21,22,23);1H. The predicted octanol–water partition coefficient (Wildman–Crippen LogP) is 1.77. The molecule has 0 aromatic carbocycles. The number of halogens is 1. The molecule has 7 nitrogen and oxygen atoms in total. The Labute approximate surface area is 189 Å². The van der Waals surface area contributed by atoms with Gasteiger partial charge in [-0.15, -0.1) is 24.0 Å². The highest BCUT2D eigenvalue weighted by Crippen LogP contribution is 2.25. The predicted molar refractivity (Wildman–Crippen MR) is 127 cm³/mol. The van der Waals surface area contributed by atoms with Gasteiger partial charge in [0.05, 0.1) is 12.7 Å². The van der Waals surface area contributed by atoms with Gasteiger partial charge >= 0.3 is 0 Å². The summed E-state index contributed by atoms with van der Waals surface area (Å²) < 4.78 is 11.2. The van der Waals surface area contributed by atoms with E-state index < -0.39 is 0 Å². The Hall–Kier alpha value is -0.160. The van der Waals surface area contributed by atoms with Gasteiger partial charge < -0.3 is 29.9 Å². The molecule has 2 aliphatic rings. The largest absolute Gasteiger partial charge is 0.381 e. The molecule has 0 amide bonds. The van der Waals surface area contributed by atoms with Crippen LogP contribution >= 0.6 is 24.0 Å². The van der Waals surface area contributed by atoms with Gasteiger partial charge in [-0.1, -0.05) is 0 Å². The average Bonchev–Trinajstić information content (AvgIpc) is 2.66. The van der Waals surface area contributed by atoms with E-state index in [1.54, 1.807) is 0 Å². The van der Waals surface area contributed by atoms with Gasteiger partial charge in [-0.3, -0.25) is 4.99 Å². The van der Waals surface area contributed by atoms with Gasteiger partial charge in [-0.2, -0.15) is 0 Å². The third-order valence-electron chi connectivity index (χ3n) is 5.97. The zero-order valence-electron chi connectivity index (χ0n) is 18.5. The highest BCUT2D eigenvalue weighted by molar-refractivity contribution is 14.0. The molecule has 2 N–H and O–H groups in total. The quantitative estimate of drug-likeness (QED) is 0.295. The molecule has 2 fully saturated rings. The fourth-order valence-corrected chi connectivity index (χ4v) is 3.89. The Morgan fingerprint density at radius 2 is 1.89 bits per heavy atom. The van der Waals surface area contributed by atoms with Crippen LogP contribution in [0.2, 0.25) is 0 Å². The van der Waals surface area contributed by atoms with Crippen LogP contribution in [-0.4, -0.2) is 101 Å². The Kier molecular flexibility index (Phi) is 12.2. The number of piperidine rings is 1. The molecule has 0 spiro atoms. The van der Waals surface area contributed by atoms with Crippen LogP contribution in [0.5, 0.6) is 0 Å². The number of hydrogen-bond donors (Lipinski definition) is 2. The zero-order chi connectivity index (χ0) is 19.7. The number of rotatable bonds is 8. The molecule has 0 aromatic heterocycles. The van der Waals surface area contributed by atoms with Crippen molar-refractivity contribution in [1.82, 2.24) is 20.4 Å². The maximum Gasteiger partial charge on any atom is 0.191 e. The highest BCUT2D eigenvalue weighted by Gasteiger charge is 2.35. The molecule has 28 heavy (non-hydrogen) atoms. The lowest BCUT2D eigenvalue weighted by Gasteiger charge is -2.43. The topological polar surface area (TPSA) is 61.4 Å². The Bertz CT molecular complexity index is 448. The molecule has 0 aliphatic carbocycles. The second-order valence-electron chi connectivity index (χ2n) is 8.34. The van der Waals surface area contributed by atoms with Crippen molar-refractivity contribution < 1.29 is 9.47 Å². The number of aliphatic imine (C=N–C) groups is 1. The van der Waals surface area contributed by atoms with Crippen molar-refractivity contribution in [2.75, 3.05) is 67.1 Å². The number of ether oxygens (including phenoxy) is 2. The van der Waals surface area contributed by atoms with Crippen LogP contribution in [0.25, 0.3) is 0 Å². The summed E-state index contributed by atoms with van der Waals surface area (Å²) in [6.45, 7) is 10.9. The van der Waals surface area contributed by atoms with E-state index in [2.05, 4.69) is 53.4 Å². The Morgan fingerprint density at radius 1 is 1.25 bits per heavy atom. The first-order valence-electron chi connectivity index (χ1n) is 10.5. The summed E-state index contributed by atoms with van der Waals surface area (Å²) >= 11 is 0. The lowest BCUT2D eigenvalue weighted by Crippen LogP contribution is -2.58. The molecule has 166 valence electrons. The first kappa shape index (κ1) is 25.9. The minimum absolute atomic E-state index is 0. The van der Waals surface area contributed by atoms with Crippen LogP contribution in [0.15, 0.2) is 4.99 Å². The number of guanidine groups is 1. The minimum atomic E-state index is 0. The van der Waals surface area contributed by atoms with Crippen molar-refractivity contribution in [2.24, 2.45) is 4.99 Å². The van der Waals surface area contributed by atoms with E-state index in [0.717, 1.165) is 77.6 Å².